The Morgan fingerprint density at radius 3 is 3.00 bits per heavy atom. The molecule has 0 aliphatic carbocycles. The Morgan fingerprint density at radius 1 is 1.43 bits per heavy atom. The van der Waals surface area contributed by atoms with E-state index in [0.29, 0.717) is 18.7 Å². The van der Waals surface area contributed by atoms with Crippen molar-refractivity contribution in [1.82, 2.24) is 25.4 Å². The Bertz CT molecular complexity index is 599. The maximum atomic E-state index is 10.8. The van der Waals surface area contributed by atoms with E-state index in [4.69, 9.17) is 0 Å². The Kier molecular flexibility index (Phi) is 3.59. The van der Waals surface area contributed by atoms with Crippen molar-refractivity contribution in [3.63, 3.8) is 0 Å². The molecule has 2 aromatic heterocycles. The minimum atomic E-state index is -0.978. The van der Waals surface area contributed by atoms with E-state index >= 15 is 0 Å². The highest BCUT2D eigenvalue weighted by molar-refractivity contribution is 5.40. The maximum Gasteiger partial charge on any atom is 0.133 e. The van der Waals surface area contributed by atoms with Crippen molar-refractivity contribution in [1.29, 1.82) is 0 Å². The summed E-state index contributed by atoms with van der Waals surface area (Å²) in [7, 11) is 0. The Morgan fingerprint density at radius 2 is 2.29 bits per heavy atom. The van der Waals surface area contributed by atoms with Gasteiger partial charge in [0.25, 0.3) is 0 Å². The zero-order valence-corrected chi connectivity index (χ0v) is 12.3. The van der Waals surface area contributed by atoms with Gasteiger partial charge in [0.15, 0.2) is 0 Å². The third kappa shape index (κ3) is 2.73. The molecule has 2 aromatic rings. The van der Waals surface area contributed by atoms with Gasteiger partial charge in [0.2, 0.25) is 0 Å². The molecule has 0 bridgehead atoms. The molecular weight excluding hydrogens is 268 g/mol. The summed E-state index contributed by atoms with van der Waals surface area (Å²) in [6, 6.07) is 1.89. The standard InChI is InChI=1S/C14H20N6O/c1-10(2)13-15-6-4-12(17-13)20-7-3-5-14(21,9-20)11-8-16-19-18-11/h4,6,8,10,21H,3,5,7,9H2,1-2H3,(H,16,18,19)/t14-/m1/s1. The summed E-state index contributed by atoms with van der Waals surface area (Å²) >= 11 is 0. The van der Waals surface area contributed by atoms with Gasteiger partial charge in [0.05, 0.1) is 12.7 Å². The molecular formula is C14H20N6O. The number of β-amino-alcohol motifs (C(OH)–C–C–N with tert-alkyl or cyclic N) is 1. The second-order valence-electron chi connectivity index (χ2n) is 5.84. The summed E-state index contributed by atoms with van der Waals surface area (Å²) in [5.41, 5.74) is -0.390. The minimum absolute atomic E-state index is 0.282. The van der Waals surface area contributed by atoms with E-state index in [0.717, 1.165) is 24.6 Å². The molecule has 7 nitrogen and oxygen atoms in total. The van der Waals surface area contributed by atoms with Crippen molar-refractivity contribution < 1.29 is 5.11 Å². The van der Waals surface area contributed by atoms with E-state index < -0.39 is 5.60 Å². The highest BCUT2D eigenvalue weighted by atomic mass is 16.3. The van der Waals surface area contributed by atoms with E-state index in [1.165, 1.54) is 0 Å². The van der Waals surface area contributed by atoms with Crippen LogP contribution < -0.4 is 4.90 Å². The van der Waals surface area contributed by atoms with Crippen LogP contribution in [0, 0.1) is 0 Å². The third-order valence-corrected chi connectivity index (χ3v) is 3.86. The second kappa shape index (κ2) is 5.40. The summed E-state index contributed by atoms with van der Waals surface area (Å²) in [6.07, 6.45) is 4.92. The first-order chi connectivity index (χ1) is 10.1. The van der Waals surface area contributed by atoms with Crippen LogP contribution in [0.15, 0.2) is 18.5 Å². The lowest BCUT2D eigenvalue weighted by molar-refractivity contribution is 0.0174. The van der Waals surface area contributed by atoms with Crippen molar-refractivity contribution in [3.8, 4) is 0 Å². The molecule has 2 N–H and O–H groups in total. The molecule has 7 heteroatoms. The molecule has 0 unspecified atom stereocenters. The number of hydrogen-bond donors (Lipinski definition) is 2. The third-order valence-electron chi connectivity index (χ3n) is 3.86. The Labute approximate surface area is 123 Å². The van der Waals surface area contributed by atoms with Crippen LogP contribution in [0.2, 0.25) is 0 Å². The molecule has 0 aromatic carbocycles. The fourth-order valence-corrected chi connectivity index (χ4v) is 2.68. The van der Waals surface area contributed by atoms with Crippen LogP contribution >= 0.6 is 0 Å². The molecule has 0 spiro atoms. The molecule has 1 atom stereocenters. The largest absolute Gasteiger partial charge is 0.382 e. The normalized spacial score (nSPS) is 22.8. The highest BCUT2D eigenvalue weighted by Crippen LogP contribution is 2.31. The first-order valence-electron chi connectivity index (χ1n) is 7.25. The van der Waals surface area contributed by atoms with Gasteiger partial charge in [-0.05, 0) is 18.9 Å². The van der Waals surface area contributed by atoms with Gasteiger partial charge in [0, 0.05) is 18.7 Å². The monoisotopic (exact) mass is 288 g/mol. The second-order valence-corrected chi connectivity index (χ2v) is 5.84. The number of H-pyrrole nitrogens is 1. The number of aliphatic hydroxyl groups is 1. The van der Waals surface area contributed by atoms with Gasteiger partial charge >= 0.3 is 0 Å². The first-order valence-corrected chi connectivity index (χ1v) is 7.25. The van der Waals surface area contributed by atoms with Crippen molar-refractivity contribution in [3.05, 3.63) is 30.0 Å². The fraction of sp³-hybridized carbons (Fsp3) is 0.571. The Balaban J connectivity index is 1.85. The van der Waals surface area contributed by atoms with Gasteiger partial charge in [-0.3, -0.25) is 0 Å². The molecule has 3 rings (SSSR count). The van der Waals surface area contributed by atoms with E-state index in [1.54, 1.807) is 12.4 Å². The Hall–Kier alpha value is -2.02. The number of aromatic nitrogens is 5. The van der Waals surface area contributed by atoms with E-state index in [1.807, 2.05) is 6.07 Å². The smallest absolute Gasteiger partial charge is 0.133 e. The average molecular weight is 288 g/mol. The summed E-state index contributed by atoms with van der Waals surface area (Å²) in [6.45, 7) is 5.48. The van der Waals surface area contributed by atoms with Crippen LogP contribution in [0.3, 0.4) is 0 Å². The zero-order valence-electron chi connectivity index (χ0n) is 12.3. The molecule has 1 aliphatic heterocycles. The highest BCUT2D eigenvalue weighted by Gasteiger charge is 2.37. The van der Waals surface area contributed by atoms with Gasteiger partial charge in [-0.15, -0.1) is 0 Å². The minimum Gasteiger partial charge on any atom is -0.382 e. The number of piperidine rings is 1. The predicted octanol–water partition coefficient (Wildman–Crippen LogP) is 1.21. The van der Waals surface area contributed by atoms with Gasteiger partial charge < -0.3 is 10.0 Å². The SMILES string of the molecule is CC(C)c1nccc(N2CCC[C@](O)(c3cn[nH]n3)C2)n1. The van der Waals surface area contributed by atoms with Crippen LogP contribution in [-0.4, -0.2) is 43.6 Å². The summed E-state index contributed by atoms with van der Waals surface area (Å²) in [4.78, 5) is 11.0. The summed E-state index contributed by atoms with van der Waals surface area (Å²) < 4.78 is 0. The topological polar surface area (TPSA) is 90.8 Å². The number of anilines is 1. The molecule has 1 aliphatic rings. The quantitative estimate of drug-likeness (QED) is 0.882. The van der Waals surface area contributed by atoms with Gasteiger partial charge in [-0.2, -0.15) is 15.4 Å². The maximum absolute atomic E-state index is 10.8. The molecule has 3 heterocycles. The number of rotatable bonds is 3. The molecule has 1 fully saturated rings. The van der Waals surface area contributed by atoms with Crippen molar-refractivity contribution in [2.45, 2.75) is 38.2 Å². The van der Waals surface area contributed by atoms with E-state index in [-0.39, 0.29) is 5.92 Å². The van der Waals surface area contributed by atoms with Gasteiger partial charge in [-0.25, -0.2) is 9.97 Å². The first kappa shape index (κ1) is 13.9. The van der Waals surface area contributed by atoms with Crippen molar-refractivity contribution in [2.75, 3.05) is 18.0 Å². The van der Waals surface area contributed by atoms with E-state index in [2.05, 4.69) is 44.1 Å². The summed E-state index contributed by atoms with van der Waals surface area (Å²) in [5, 5.41) is 21.2. The van der Waals surface area contributed by atoms with Crippen molar-refractivity contribution >= 4 is 5.82 Å². The number of nitrogens with zero attached hydrogens (tertiary/aromatic N) is 5. The molecule has 0 saturated carbocycles. The molecule has 0 amide bonds. The van der Waals surface area contributed by atoms with Crippen molar-refractivity contribution in [2.24, 2.45) is 0 Å². The average Bonchev–Trinajstić information content (AvgIpc) is 3.02. The molecule has 112 valence electrons. The molecule has 1 saturated heterocycles. The lowest BCUT2D eigenvalue weighted by Gasteiger charge is -2.38. The lowest BCUT2D eigenvalue weighted by Crippen LogP contribution is -2.46. The van der Waals surface area contributed by atoms with Crippen LogP contribution in [0.1, 0.15) is 44.1 Å². The zero-order chi connectivity index (χ0) is 14.9. The number of aromatic amines is 1. The molecule has 21 heavy (non-hydrogen) atoms. The number of nitrogens with one attached hydrogen (secondary N) is 1. The van der Waals surface area contributed by atoms with Gasteiger partial charge in [0.1, 0.15) is 22.9 Å². The number of hydrogen-bond acceptors (Lipinski definition) is 6. The van der Waals surface area contributed by atoms with Crippen LogP contribution in [0.4, 0.5) is 5.82 Å². The van der Waals surface area contributed by atoms with E-state index in [9.17, 15) is 5.11 Å². The van der Waals surface area contributed by atoms with Crippen LogP contribution in [0.25, 0.3) is 0 Å². The van der Waals surface area contributed by atoms with Crippen LogP contribution in [-0.2, 0) is 5.60 Å². The molecule has 0 radical (unpaired) electrons. The summed E-state index contributed by atoms with van der Waals surface area (Å²) in [5.74, 6) is 1.96. The fourth-order valence-electron chi connectivity index (χ4n) is 2.68. The van der Waals surface area contributed by atoms with Gasteiger partial charge in [-0.1, -0.05) is 13.8 Å². The lowest BCUT2D eigenvalue weighted by atomic mass is 9.90. The predicted molar refractivity (Wildman–Crippen MR) is 77.8 cm³/mol. The van der Waals surface area contributed by atoms with Crippen LogP contribution in [0.5, 0.6) is 0 Å².